The van der Waals surface area contributed by atoms with Gasteiger partial charge in [0.2, 0.25) is 5.91 Å². The number of halogens is 1. The Balaban J connectivity index is 0.00000722. The molecule has 0 aliphatic rings. The third kappa shape index (κ3) is 11.0. The minimum atomic E-state index is -0.0546. The quantitative estimate of drug-likeness (QED) is 0.218. The molecule has 0 bridgehead atoms. The molecule has 1 atom stereocenters. The number of quaternary nitrogens is 1. The van der Waals surface area contributed by atoms with Crippen molar-refractivity contribution < 1.29 is 35.8 Å². The smallest absolute Gasteiger partial charge is 0.238 e. The van der Waals surface area contributed by atoms with E-state index in [0.717, 1.165) is 53.8 Å². The Morgan fingerprint density at radius 3 is 2.05 bits per heavy atom. The summed E-state index contributed by atoms with van der Waals surface area (Å²) in [6.07, 6.45) is 2.71. The van der Waals surface area contributed by atoms with Crippen molar-refractivity contribution in [3.63, 3.8) is 0 Å². The zero-order chi connectivity index (χ0) is 27.3. The zero-order valence-corrected chi connectivity index (χ0v) is 25.9. The van der Waals surface area contributed by atoms with E-state index >= 15 is 0 Å². The monoisotopic (exact) mass is 589 g/mol. The Labute approximate surface area is 240 Å². The van der Waals surface area contributed by atoms with Crippen LogP contribution >= 0.6 is 0 Å². The summed E-state index contributed by atoms with van der Waals surface area (Å²) >= 11 is 0. The lowest BCUT2D eigenvalue weighted by atomic mass is 9.97. The van der Waals surface area contributed by atoms with Gasteiger partial charge in [-0.15, -0.1) is 0 Å². The van der Waals surface area contributed by atoms with Crippen molar-refractivity contribution in [1.82, 2.24) is 5.32 Å². The number of likely N-dealkylation sites (N-methyl/N-ethyl adjacent to an activating group) is 1. The van der Waals surface area contributed by atoms with E-state index in [1.165, 1.54) is 16.7 Å². The van der Waals surface area contributed by atoms with Gasteiger partial charge in [0.1, 0.15) is 13.1 Å². The summed E-state index contributed by atoms with van der Waals surface area (Å²) in [5, 5.41) is 6.16. The van der Waals surface area contributed by atoms with E-state index in [1.807, 2.05) is 32.0 Å². The number of aryl methyl sites for hydroxylation is 4. The molecule has 0 saturated carbocycles. The Kier molecular flexibility index (Phi) is 15.7. The number of amides is 1. The van der Waals surface area contributed by atoms with Crippen LogP contribution in [0.25, 0.3) is 0 Å². The highest BCUT2D eigenvalue weighted by Crippen LogP contribution is 2.19. The maximum absolute atomic E-state index is 13.2. The van der Waals surface area contributed by atoms with Crippen molar-refractivity contribution >= 4 is 17.4 Å². The topological polar surface area (TPSA) is 67.4 Å². The van der Waals surface area contributed by atoms with Crippen LogP contribution in [0.3, 0.4) is 0 Å². The molecule has 1 unspecified atom stereocenters. The molecule has 0 spiro atoms. The Hall–Kier alpha value is -2.06. The van der Waals surface area contributed by atoms with Crippen molar-refractivity contribution in [3.8, 4) is 0 Å². The Morgan fingerprint density at radius 1 is 0.868 bits per heavy atom. The number of para-hydroxylation sites is 1. The SMILES string of the molecule is CCCC[N+](CC)(CCOCCNCC(=O)Nc1c(C)cccc1C)CC(=O)Cc1c(C)cccc1C.[Br-]. The van der Waals surface area contributed by atoms with E-state index in [-0.39, 0.29) is 29.4 Å². The minimum Gasteiger partial charge on any atom is -1.00 e. The third-order valence-corrected chi connectivity index (χ3v) is 7.35. The number of nitrogens with zero attached hydrogens (tertiary/aromatic N) is 1. The second kappa shape index (κ2) is 17.5. The van der Waals surface area contributed by atoms with Gasteiger partial charge in [-0.3, -0.25) is 9.59 Å². The van der Waals surface area contributed by atoms with E-state index in [0.29, 0.717) is 38.5 Å². The summed E-state index contributed by atoms with van der Waals surface area (Å²) < 4.78 is 6.69. The largest absolute Gasteiger partial charge is 1.00 e. The Morgan fingerprint density at radius 2 is 1.47 bits per heavy atom. The van der Waals surface area contributed by atoms with Gasteiger partial charge in [0.25, 0.3) is 0 Å². The van der Waals surface area contributed by atoms with Crippen LogP contribution in [-0.2, 0) is 20.7 Å². The van der Waals surface area contributed by atoms with Crippen LogP contribution in [0, 0.1) is 27.7 Å². The maximum atomic E-state index is 13.2. The predicted octanol–water partition coefficient (Wildman–Crippen LogP) is 1.92. The van der Waals surface area contributed by atoms with E-state index in [4.69, 9.17) is 4.74 Å². The van der Waals surface area contributed by atoms with Crippen molar-refractivity contribution in [3.05, 3.63) is 64.2 Å². The van der Waals surface area contributed by atoms with Crippen LogP contribution in [-0.4, -0.2) is 68.7 Å². The summed E-state index contributed by atoms with van der Waals surface area (Å²) in [6, 6.07) is 12.2. The van der Waals surface area contributed by atoms with Crippen LogP contribution < -0.4 is 27.6 Å². The fourth-order valence-electron chi connectivity index (χ4n) is 4.85. The van der Waals surface area contributed by atoms with Crippen molar-refractivity contribution in [2.45, 2.75) is 60.8 Å². The number of ketones is 1. The standard InChI is InChI=1S/C31H47N3O3.BrH/c1-7-9-17-34(8-2,23-28(35)21-29-24(3)12-10-13-25(29)4)18-20-37-19-16-32-22-30(36)33-31-26(5)14-11-15-27(31)6;/h10-15,32H,7-9,16-23H2,1-6H3;1H. The highest BCUT2D eigenvalue weighted by molar-refractivity contribution is 5.93. The molecule has 7 heteroatoms. The average Bonchev–Trinajstić information content (AvgIpc) is 2.86. The van der Waals surface area contributed by atoms with Gasteiger partial charge >= 0.3 is 0 Å². The summed E-state index contributed by atoms with van der Waals surface area (Å²) in [5.74, 6) is 0.243. The second-order valence-corrected chi connectivity index (χ2v) is 10.3. The van der Waals surface area contributed by atoms with Gasteiger partial charge in [0.15, 0.2) is 5.78 Å². The number of nitrogens with one attached hydrogen (secondary N) is 2. The highest BCUT2D eigenvalue weighted by atomic mass is 79.9. The first-order valence-corrected chi connectivity index (χ1v) is 13.8. The van der Waals surface area contributed by atoms with Crippen LogP contribution in [0.4, 0.5) is 5.69 Å². The maximum Gasteiger partial charge on any atom is 0.238 e. The number of ether oxygens (including phenoxy) is 1. The molecular formula is C31H48BrN3O3. The number of Topliss-reactive ketones (excluding diaryl/α,β-unsaturated/α-hetero) is 1. The molecule has 0 aliphatic carbocycles. The van der Waals surface area contributed by atoms with Crippen LogP contribution in [0.5, 0.6) is 0 Å². The number of anilines is 1. The molecule has 1 amide bonds. The molecule has 2 aromatic carbocycles. The first-order chi connectivity index (χ1) is 17.7. The van der Waals surface area contributed by atoms with Crippen LogP contribution in [0.1, 0.15) is 54.5 Å². The predicted molar refractivity (Wildman–Crippen MR) is 153 cm³/mol. The average molecular weight is 591 g/mol. The summed E-state index contributed by atoms with van der Waals surface area (Å²) in [4.78, 5) is 25.5. The zero-order valence-electron chi connectivity index (χ0n) is 24.3. The molecule has 0 aromatic heterocycles. The van der Waals surface area contributed by atoms with Crippen molar-refractivity contribution in [1.29, 1.82) is 0 Å². The lowest BCUT2D eigenvalue weighted by Crippen LogP contribution is -3.00. The van der Waals surface area contributed by atoms with Gasteiger partial charge in [-0.05, 0) is 68.9 Å². The van der Waals surface area contributed by atoms with Crippen LogP contribution in [0.15, 0.2) is 36.4 Å². The van der Waals surface area contributed by atoms with Crippen LogP contribution in [0.2, 0.25) is 0 Å². The molecule has 0 fully saturated rings. The number of hydrogen-bond donors (Lipinski definition) is 2. The first-order valence-electron chi connectivity index (χ1n) is 13.8. The van der Waals surface area contributed by atoms with E-state index in [9.17, 15) is 9.59 Å². The second-order valence-electron chi connectivity index (χ2n) is 10.3. The molecule has 212 valence electrons. The Bertz CT molecular complexity index is 987. The molecule has 0 radical (unpaired) electrons. The molecule has 6 nitrogen and oxygen atoms in total. The summed E-state index contributed by atoms with van der Waals surface area (Å²) in [6.45, 7) is 17.8. The van der Waals surface area contributed by atoms with Gasteiger partial charge in [0, 0.05) is 18.7 Å². The van der Waals surface area contributed by atoms with Gasteiger partial charge in [-0.25, -0.2) is 0 Å². The summed E-state index contributed by atoms with van der Waals surface area (Å²) in [5.41, 5.74) is 6.55. The molecule has 0 saturated heterocycles. The highest BCUT2D eigenvalue weighted by Gasteiger charge is 2.28. The number of unbranched alkanes of at least 4 members (excludes halogenated alkanes) is 1. The summed E-state index contributed by atoms with van der Waals surface area (Å²) in [7, 11) is 0. The van der Waals surface area contributed by atoms with Gasteiger partial charge in [-0.1, -0.05) is 49.7 Å². The van der Waals surface area contributed by atoms with Crippen molar-refractivity contribution in [2.24, 2.45) is 0 Å². The number of carbonyl (C=O) groups is 2. The van der Waals surface area contributed by atoms with Gasteiger partial charge in [-0.2, -0.15) is 0 Å². The molecule has 2 rings (SSSR count). The lowest BCUT2D eigenvalue weighted by Gasteiger charge is -2.37. The van der Waals surface area contributed by atoms with E-state index in [1.54, 1.807) is 0 Å². The fraction of sp³-hybridized carbons (Fsp3) is 0.548. The van der Waals surface area contributed by atoms with Gasteiger partial charge < -0.3 is 36.8 Å². The van der Waals surface area contributed by atoms with E-state index < -0.39 is 0 Å². The molecule has 2 N–H and O–H groups in total. The molecule has 0 aliphatic heterocycles. The molecule has 2 aromatic rings. The normalized spacial score (nSPS) is 12.5. The third-order valence-electron chi connectivity index (χ3n) is 7.35. The number of benzene rings is 2. The molecule has 38 heavy (non-hydrogen) atoms. The fourth-order valence-corrected chi connectivity index (χ4v) is 4.85. The number of hydrogen-bond acceptors (Lipinski definition) is 4. The molecule has 0 heterocycles. The number of rotatable bonds is 17. The lowest BCUT2D eigenvalue weighted by molar-refractivity contribution is -0.919. The first kappa shape index (κ1) is 34.0. The molecular weight excluding hydrogens is 542 g/mol. The number of carbonyl (C=O) groups excluding carboxylic acids is 2. The van der Waals surface area contributed by atoms with Crippen molar-refractivity contribution in [2.75, 3.05) is 57.8 Å². The minimum absolute atomic E-state index is 0. The van der Waals surface area contributed by atoms with Gasteiger partial charge in [0.05, 0.1) is 32.8 Å². The van der Waals surface area contributed by atoms with E-state index in [2.05, 4.69) is 56.5 Å².